The topological polar surface area (TPSA) is 66.4 Å². The van der Waals surface area contributed by atoms with Crippen LogP contribution in [0.2, 0.25) is 0 Å². The van der Waals surface area contributed by atoms with Crippen LogP contribution in [0.15, 0.2) is 0 Å². The van der Waals surface area contributed by atoms with Gasteiger partial charge >= 0.3 is 5.97 Å². The molecule has 1 atom stereocenters. The number of carboxylic acids is 1. The van der Waals surface area contributed by atoms with Crippen LogP contribution < -0.4 is 5.32 Å². The number of hydrogen-bond donors (Lipinski definition) is 2. The average molecular weight is 259 g/mol. The quantitative estimate of drug-likeness (QED) is 0.741. The molecule has 0 spiro atoms. The smallest absolute Gasteiger partial charge is 0.327 e. The Morgan fingerprint density at radius 2 is 1.88 bits per heavy atom. The summed E-state index contributed by atoms with van der Waals surface area (Å²) in [5.74, 6) is -0.750. The van der Waals surface area contributed by atoms with E-state index in [-0.39, 0.29) is 5.91 Å². The van der Waals surface area contributed by atoms with Gasteiger partial charge in [-0.2, -0.15) is 11.8 Å². The summed E-state index contributed by atoms with van der Waals surface area (Å²) in [5, 5.41) is 12.0. The van der Waals surface area contributed by atoms with Crippen molar-refractivity contribution in [2.24, 2.45) is 0 Å². The Morgan fingerprint density at radius 3 is 2.35 bits per heavy atom. The van der Waals surface area contributed by atoms with E-state index < -0.39 is 12.0 Å². The van der Waals surface area contributed by atoms with Crippen molar-refractivity contribution in [3.05, 3.63) is 0 Å². The maximum atomic E-state index is 10.9. The summed E-state index contributed by atoms with van der Waals surface area (Å²) < 4.78 is 0. The van der Waals surface area contributed by atoms with Crippen LogP contribution in [0.5, 0.6) is 0 Å². The summed E-state index contributed by atoms with van der Waals surface area (Å²) in [7, 11) is 0. The minimum atomic E-state index is -0.943. The molecule has 0 saturated heterocycles. The molecule has 1 amide bonds. The molecule has 1 fully saturated rings. The average Bonchev–Trinajstić information content (AvgIpc) is 2.51. The molecule has 1 unspecified atom stereocenters. The molecule has 4 nitrogen and oxygen atoms in total. The number of rotatable bonds is 5. The van der Waals surface area contributed by atoms with Gasteiger partial charge in [-0.15, -0.1) is 0 Å². The van der Waals surface area contributed by atoms with Crippen molar-refractivity contribution in [2.45, 2.75) is 56.7 Å². The number of carbonyl (C=O) groups excluding carboxylic acids is 1. The Balaban J connectivity index is 2.34. The normalized spacial score (nSPS) is 19.4. The first-order valence-corrected chi connectivity index (χ1v) is 7.26. The number of aliphatic carboxylic acids is 1. The maximum absolute atomic E-state index is 10.9. The van der Waals surface area contributed by atoms with Crippen molar-refractivity contribution in [3.63, 3.8) is 0 Å². The van der Waals surface area contributed by atoms with E-state index in [0.29, 0.717) is 11.0 Å². The molecule has 0 aliphatic heterocycles. The molecule has 0 aromatic heterocycles. The van der Waals surface area contributed by atoms with Gasteiger partial charge in [0.05, 0.1) is 0 Å². The molecule has 0 radical (unpaired) electrons. The fourth-order valence-electron chi connectivity index (χ4n) is 2.06. The fourth-order valence-corrected chi connectivity index (χ4v) is 3.42. The first kappa shape index (κ1) is 14.4. The Kier molecular flexibility index (Phi) is 6.40. The van der Waals surface area contributed by atoms with Gasteiger partial charge in [-0.05, 0) is 12.8 Å². The third-order valence-electron chi connectivity index (χ3n) is 2.98. The number of nitrogens with one attached hydrogen (secondary N) is 1. The minimum absolute atomic E-state index is 0.279. The lowest BCUT2D eigenvalue weighted by Gasteiger charge is -2.17. The van der Waals surface area contributed by atoms with Gasteiger partial charge in [0.1, 0.15) is 6.04 Å². The van der Waals surface area contributed by atoms with Gasteiger partial charge in [0.25, 0.3) is 0 Å². The number of carbonyl (C=O) groups is 2. The molecule has 17 heavy (non-hydrogen) atoms. The molecule has 1 saturated carbocycles. The largest absolute Gasteiger partial charge is 0.480 e. The van der Waals surface area contributed by atoms with Crippen LogP contribution in [0.4, 0.5) is 0 Å². The van der Waals surface area contributed by atoms with E-state index in [9.17, 15) is 9.59 Å². The van der Waals surface area contributed by atoms with E-state index in [0.717, 1.165) is 0 Å². The Hall–Kier alpha value is -0.710. The van der Waals surface area contributed by atoms with Gasteiger partial charge in [0, 0.05) is 17.9 Å². The zero-order chi connectivity index (χ0) is 12.7. The predicted molar refractivity (Wildman–Crippen MR) is 69.2 cm³/mol. The third kappa shape index (κ3) is 5.96. The molecule has 1 aliphatic rings. The SMILES string of the molecule is CC(=O)NC(CSC1CCCCCC1)C(=O)O. The minimum Gasteiger partial charge on any atom is -0.480 e. The fraction of sp³-hybridized carbons (Fsp3) is 0.833. The molecular weight excluding hydrogens is 238 g/mol. The summed E-state index contributed by atoms with van der Waals surface area (Å²) in [5.41, 5.74) is 0. The molecule has 0 aromatic rings. The standard InChI is InChI=1S/C12H21NO3S/c1-9(14)13-11(12(15)16)8-17-10-6-4-2-3-5-7-10/h10-11H,2-8H2,1H3,(H,13,14)(H,15,16). The molecular formula is C12H21NO3S. The monoisotopic (exact) mass is 259 g/mol. The molecule has 0 bridgehead atoms. The Morgan fingerprint density at radius 1 is 1.29 bits per heavy atom. The lowest BCUT2D eigenvalue weighted by molar-refractivity contribution is -0.140. The highest BCUT2D eigenvalue weighted by molar-refractivity contribution is 7.99. The molecule has 2 N–H and O–H groups in total. The van der Waals surface area contributed by atoms with Gasteiger partial charge in [0.15, 0.2) is 0 Å². The highest BCUT2D eigenvalue weighted by atomic mass is 32.2. The highest BCUT2D eigenvalue weighted by Gasteiger charge is 2.21. The van der Waals surface area contributed by atoms with E-state index in [1.165, 1.54) is 45.4 Å². The van der Waals surface area contributed by atoms with Crippen LogP contribution in [-0.2, 0) is 9.59 Å². The number of hydrogen-bond acceptors (Lipinski definition) is 3. The van der Waals surface area contributed by atoms with E-state index in [2.05, 4.69) is 5.32 Å². The Labute approximate surface area is 107 Å². The van der Waals surface area contributed by atoms with E-state index in [1.54, 1.807) is 11.8 Å². The van der Waals surface area contributed by atoms with Gasteiger partial charge in [-0.3, -0.25) is 4.79 Å². The van der Waals surface area contributed by atoms with E-state index in [1.807, 2.05) is 0 Å². The zero-order valence-corrected chi connectivity index (χ0v) is 11.1. The summed E-state index contributed by atoms with van der Waals surface area (Å²) in [6, 6.07) is -0.749. The molecule has 1 rings (SSSR count). The van der Waals surface area contributed by atoms with Crippen LogP contribution in [0.1, 0.15) is 45.4 Å². The van der Waals surface area contributed by atoms with Gasteiger partial charge in [0.2, 0.25) is 5.91 Å². The second kappa shape index (κ2) is 7.58. The lowest BCUT2D eigenvalue weighted by atomic mass is 10.2. The van der Waals surface area contributed by atoms with Crippen molar-refractivity contribution in [2.75, 3.05) is 5.75 Å². The van der Waals surface area contributed by atoms with Crippen LogP contribution in [0.3, 0.4) is 0 Å². The van der Waals surface area contributed by atoms with Crippen molar-refractivity contribution < 1.29 is 14.7 Å². The molecule has 0 heterocycles. The first-order valence-electron chi connectivity index (χ1n) is 6.21. The van der Waals surface area contributed by atoms with Crippen molar-refractivity contribution in [1.82, 2.24) is 5.32 Å². The van der Waals surface area contributed by atoms with Gasteiger partial charge in [-0.1, -0.05) is 25.7 Å². The number of amides is 1. The van der Waals surface area contributed by atoms with Gasteiger partial charge < -0.3 is 10.4 Å². The van der Waals surface area contributed by atoms with Gasteiger partial charge in [-0.25, -0.2) is 4.79 Å². The second-order valence-electron chi connectivity index (χ2n) is 4.54. The second-order valence-corrected chi connectivity index (χ2v) is 5.87. The summed E-state index contributed by atoms with van der Waals surface area (Å²) >= 11 is 1.69. The van der Waals surface area contributed by atoms with Crippen molar-refractivity contribution in [3.8, 4) is 0 Å². The van der Waals surface area contributed by atoms with Crippen molar-refractivity contribution in [1.29, 1.82) is 0 Å². The van der Waals surface area contributed by atoms with Crippen LogP contribution >= 0.6 is 11.8 Å². The van der Waals surface area contributed by atoms with Crippen LogP contribution in [0.25, 0.3) is 0 Å². The predicted octanol–water partition coefficient (Wildman–Crippen LogP) is 2.03. The number of carboxylic acid groups (broad SMARTS) is 1. The maximum Gasteiger partial charge on any atom is 0.327 e. The lowest BCUT2D eigenvalue weighted by Crippen LogP contribution is -2.41. The molecule has 0 aromatic carbocycles. The zero-order valence-electron chi connectivity index (χ0n) is 10.3. The van der Waals surface area contributed by atoms with Crippen LogP contribution in [-0.4, -0.2) is 34.0 Å². The Bertz CT molecular complexity index is 262. The van der Waals surface area contributed by atoms with E-state index >= 15 is 0 Å². The van der Waals surface area contributed by atoms with Crippen molar-refractivity contribution >= 4 is 23.6 Å². The molecule has 1 aliphatic carbocycles. The summed E-state index contributed by atoms with van der Waals surface area (Å²) in [4.78, 5) is 21.8. The summed E-state index contributed by atoms with van der Waals surface area (Å²) in [6.07, 6.45) is 7.44. The summed E-state index contributed by atoms with van der Waals surface area (Å²) in [6.45, 7) is 1.35. The highest BCUT2D eigenvalue weighted by Crippen LogP contribution is 2.27. The van der Waals surface area contributed by atoms with E-state index in [4.69, 9.17) is 5.11 Å². The molecule has 98 valence electrons. The number of thioether (sulfide) groups is 1. The van der Waals surface area contributed by atoms with Crippen LogP contribution in [0, 0.1) is 0 Å². The third-order valence-corrected chi connectivity index (χ3v) is 4.44. The first-order chi connectivity index (χ1) is 8.09. The molecule has 5 heteroatoms.